The van der Waals surface area contributed by atoms with Crippen molar-refractivity contribution in [2.75, 3.05) is 11.9 Å². The van der Waals surface area contributed by atoms with Gasteiger partial charge >= 0.3 is 0 Å². The van der Waals surface area contributed by atoms with Crippen LogP contribution in [0.15, 0.2) is 45.3 Å². The van der Waals surface area contributed by atoms with Crippen LogP contribution in [0.3, 0.4) is 0 Å². The van der Waals surface area contributed by atoms with Gasteiger partial charge in [0.05, 0.1) is 0 Å². The largest absolute Gasteiger partial charge is 0.345 e. The van der Waals surface area contributed by atoms with Crippen LogP contribution in [0, 0.1) is 0 Å². The summed E-state index contributed by atoms with van der Waals surface area (Å²) < 4.78 is 2.46. The number of nitrogens with zero attached hydrogens (tertiary/aromatic N) is 1. The molecule has 0 radical (unpaired) electrons. The van der Waals surface area contributed by atoms with Crippen LogP contribution < -0.4 is 15.3 Å². The zero-order chi connectivity index (χ0) is 23.7. The van der Waals surface area contributed by atoms with Gasteiger partial charge in [-0.15, -0.1) is 0 Å². The maximum atomic E-state index is 3.83. The third kappa shape index (κ3) is 6.76. The van der Waals surface area contributed by atoms with E-state index in [2.05, 4.69) is 94.1 Å². The van der Waals surface area contributed by atoms with Gasteiger partial charge in [0, 0.05) is 27.4 Å². The maximum absolute atomic E-state index is 3.83. The number of anilines is 2. The molecule has 4 heteroatoms. The van der Waals surface area contributed by atoms with Gasteiger partial charge in [-0.3, -0.25) is 0 Å². The molecule has 0 saturated carbocycles. The van der Waals surface area contributed by atoms with Crippen LogP contribution >= 0.6 is 31.9 Å². The summed E-state index contributed by atoms with van der Waals surface area (Å²) in [6.07, 6.45) is 16.5. The van der Waals surface area contributed by atoms with E-state index in [1.54, 1.807) is 10.4 Å². The van der Waals surface area contributed by atoms with E-state index in [9.17, 15) is 0 Å². The highest BCUT2D eigenvalue weighted by Gasteiger charge is 2.44. The Labute approximate surface area is 221 Å². The minimum atomic E-state index is -1.87. The van der Waals surface area contributed by atoms with Crippen LogP contribution in [0.4, 0.5) is 11.4 Å². The minimum Gasteiger partial charge on any atom is -0.345 e. The number of halogens is 2. The predicted octanol–water partition coefficient (Wildman–Crippen LogP) is 9.58. The highest BCUT2D eigenvalue weighted by molar-refractivity contribution is 9.10. The Kier molecular flexibility index (Phi) is 11.0. The molecule has 0 unspecified atom stereocenters. The Morgan fingerprint density at radius 2 is 1.00 bits per heavy atom. The van der Waals surface area contributed by atoms with Crippen molar-refractivity contribution in [3.8, 4) is 0 Å². The van der Waals surface area contributed by atoms with Gasteiger partial charge in [0.25, 0.3) is 0 Å². The van der Waals surface area contributed by atoms with Gasteiger partial charge in [0.2, 0.25) is 0 Å². The summed E-state index contributed by atoms with van der Waals surface area (Å²) in [5.41, 5.74) is 2.88. The molecule has 0 N–H and O–H groups in total. The summed E-state index contributed by atoms with van der Waals surface area (Å²) >= 11 is 7.66. The lowest BCUT2D eigenvalue weighted by molar-refractivity contribution is 0.616. The summed E-state index contributed by atoms with van der Waals surface area (Å²) in [6.45, 7) is 4.62. The normalized spacial score (nSPS) is 14.3. The number of hydrogen-bond acceptors (Lipinski definition) is 1. The second-order valence-electron chi connectivity index (χ2n) is 10.00. The lowest BCUT2D eigenvalue weighted by atomic mass is 10.1. The van der Waals surface area contributed by atoms with E-state index in [-0.39, 0.29) is 0 Å². The molecule has 0 atom stereocenters. The quantitative estimate of drug-likeness (QED) is 0.156. The van der Waals surface area contributed by atoms with Gasteiger partial charge in [0.15, 0.2) is 0 Å². The number of rotatable bonds is 14. The fourth-order valence-corrected chi connectivity index (χ4v) is 12.5. The molecule has 182 valence electrons. The molecule has 1 heterocycles. The Hall–Kier alpha value is -0.583. The van der Waals surface area contributed by atoms with E-state index < -0.39 is 8.07 Å². The van der Waals surface area contributed by atoms with E-state index in [0.29, 0.717) is 0 Å². The zero-order valence-electron chi connectivity index (χ0n) is 21.1. The van der Waals surface area contributed by atoms with Crippen LogP contribution in [-0.4, -0.2) is 15.1 Å². The molecule has 0 spiro atoms. The van der Waals surface area contributed by atoms with Crippen molar-refractivity contribution in [3.05, 3.63) is 45.3 Å². The topological polar surface area (TPSA) is 3.24 Å². The standard InChI is InChI=1S/C29H43Br2NSi/c1-4-6-8-10-12-14-20-33(21-15-13-11-9-7-5-2)28-22-24(30)16-18-26(28)32(3)27-19-17-25(31)23-29(27)33/h16-19,22-23H,4-15,20-21H2,1-3H3. The fourth-order valence-electron chi connectivity index (χ4n) is 5.72. The van der Waals surface area contributed by atoms with E-state index in [0.717, 1.165) is 0 Å². The molecule has 33 heavy (non-hydrogen) atoms. The third-order valence-electron chi connectivity index (χ3n) is 7.59. The van der Waals surface area contributed by atoms with Crippen molar-refractivity contribution < 1.29 is 0 Å². The lowest BCUT2D eigenvalue weighted by Gasteiger charge is -2.44. The van der Waals surface area contributed by atoms with Crippen molar-refractivity contribution in [3.63, 3.8) is 0 Å². The van der Waals surface area contributed by atoms with Crippen molar-refractivity contribution >= 4 is 61.7 Å². The number of benzene rings is 2. The molecule has 0 aromatic heterocycles. The molecule has 2 aromatic rings. The van der Waals surface area contributed by atoms with Crippen LogP contribution in [0.1, 0.15) is 90.9 Å². The van der Waals surface area contributed by atoms with Gasteiger partial charge in [0.1, 0.15) is 8.07 Å². The molecule has 0 bridgehead atoms. The highest BCUT2D eigenvalue weighted by atomic mass is 79.9. The van der Waals surface area contributed by atoms with Crippen molar-refractivity contribution in [2.45, 2.75) is 103 Å². The fraction of sp³-hybridized carbons (Fsp3) is 0.586. The van der Waals surface area contributed by atoms with Crippen molar-refractivity contribution in [2.24, 2.45) is 0 Å². The highest BCUT2D eigenvalue weighted by Crippen LogP contribution is 2.38. The number of hydrogen-bond donors (Lipinski definition) is 0. The SMILES string of the molecule is CCCCCCCC[Si]1(CCCCCCCC)c2cc(Br)ccc2N(C)c2ccc(Br)cc21. The molecular weight excluding hydrogens is 550 g/mol. The molecule has 1 aliphatic rings. The molecule has 0 fully saturated rings. The monoisotopic (exact) mass is 591 g/mol. The molecule has 1 aliphatic heterocycles. The average Bonchev–Trinajstić information content (AvgIpc) is 2.81. The second-order valence-corrected chi connectivity index (χ2v) is 16.1. The average molecular weight is 594 g/mol. The summed E-state index contributed by atoms with van der Waals surface area (Å²) in [4.78, 5) is 2.44. The van der Waals surface area contributed by atoms with E-state index >= 15 is 0 Å². The number of fused-ring (bicyclic) bond motifs is 2. The summed E-state index contributed by atoms with van der Waals surface area (Å²) in [5, 5.41) is 3.32. The van der Waals surface area contributed by atoms with Gasteiger partial charge in [-0.1, -0.05) is 123 Å². The van der Waals surface area contributed by atoms with Crippen LogP contribution in [0.2, 0.25) is 12.1 Å². The maximum Gasteiger partial charge on any atom is 0.123 e. The predicted molar refractivity (Wildman–Crippen MR) is 158 cm³/mol. The minimum absolute atomic E-state index is 1.23. The van der Waals surface area contributed by atoms with E-state index in [1.807, 2.05) is 0 Å². The lowest BCUT2D eigenvalue weighted by Crippen LogP contribution is -2.62. The van der Waals surface area contributed by atoms with Crippen molar-refractivity contribution in [1.29, 1.82) is 0 Å². The Morgan fingerprint density at radius 3 is 1.42 bits per heavy atom. The second kappa shape index (κ2) is 13.5. The molecule has 0 aliphatic carbocycles. The first-order chi connectivity index (χ1) is 16.0. The van der Waals surface area contributed by atoms with Gasteiger partial charge in [-0.05, 0) is 58.9 Å². The van der Waals surface area contributed by atoms with Crippen LogP contribution in [0.5, 0.6) is 0 Å². The number of unbranched alkanes of at least 4 members (excludes halogenated alkanes) is 10. The smallest absolute Gasteiger partial charge is 0.123 e. The Bertz CT molecular complexity index is 810. The molecule has 2 aromatic carbocycles. The molecule has 0 saturated heterocycles. The van der Waals surface area contributed by atoms with Crippen LogP contribution in [0.25, 0.3) is 0 Å². The molecule has 0 amide bonds. The first-order valence-corrected chi connectivity index (χ1v) is 17.4. The zero-order valence-corrected chi connectivity index (χ0v) is 25.2. The molecule has 3 rings (SSSR count). The van der Waals surface area contributed by atoms with E-state index in [1.165, 1.54) is 109 Å². The molecular formula is C29H43Br2NSi. The van der Waals surface area contributed by atoms with Crippen LogP contribution in [-0.2, 0) is 0 Å². The third-order valence-corrected chi connectivity index (χ3v) is 13.8. The summed E-state index contributed by atoms with van der Waals surface area (Å²) in [5.74, 6) is 0. The first-order valence-electron chi connectivity index (χ1n) is 13.4. The first kappa shape index (κ1) is 27.0. The van der Waals surface area contributed by atoms with Gasteiger partial charge in [-0.25, -0.2) is 0 Å². The van der Waals surface area contributed by atoms with Crippen molar-refractivity contribution in [1.82, 2.24) is 0 Å². The van der Waals surface area contributed by atoms with Gasteiger partial charge < -0.3 is 4.90 Å². The van der Waals surface area contributed by atoms with Gasteiger partial charge in [-0.2, -0.15) is 0 Å². The van der Waals surface area contributed by atoms with E-state index in [4.69, 9.17) is 0 Å². The summed E-state index contributed by atoms with van der Waals surface area (Å²) in [7, 11) is 0.390. The molecule has 1 nitrogen and oxygen atoms in total. The summed E-state index contributed by atoms with van der Waals surface area (Å²) in [6, 6.07) is 16.9. The Balaban J connectivity index is 1.94. The Morgan fingerprint density at radius 1 is 0.606 bits per heavy atom.